The zero-order valence-corrected chi connectivity index (χ0v) is 39.4. The molecular weight excluding hydrogens is 930 g/mol. The second-order valence-electron chi connectivity index (χ2n) is 17.6. The summed E-state index contributed by atoms with van der Waals surface area (Å²) in [7, 11) is 7.09. The summed E-state index contributed by atoms with van der Waals surface area (Å²) in [5.74, 6) is -4.74. The minimum Gasteiger partial charge on any atom is -0.503 e. The van der Waals surface area contributed by atoms with Gasteiger partial charge in [-0.2, -0.15) is 15.3 Å². The first-order valence-electron chi connectivity index (χ1n) is 21.2. The Balaban J connectivity index is 1.01. The lowest BCUT2D eigenvalue weighted by atomic mass is 9.51. The van der Waals surface area contributed by atoms with Gasteiger partial charge in [0.25, 0.3) is 0 Å². The van der Waals surface area contributed by atoms with Gasteiger partial charge < -0.3 is 14.7 Å². The molecule has 65 heavy (non-hydrogen) atoms. The highest BCUT2D eigenvalue weighted by molar-refractivity contribution is 9.10. The first-order valence-corrected chi connectivity index (χ1v) is 23.1. The number of fused-ring (bicyclic) bond motifs is 5. The van der Waals surface area contributed by atoms with E-state index in [-0.39, 0.29) is 36.2 Å². The van der Waals surface area contributed by atoms with Crippen molar-refractivity contribution in [1.29, 1.82) is 0 Å². The number of aryl methyl sites for hydroxylation is 2. The van der Waals surface area contributed by atoms with Crippen molar-refractivity contribution in [3.8, 4) is 22.1 Å². The fourth-order valence-electron chi connectivity index (χ4n) is 10.6. The SMILES string of the molecule is COc1cc(C2C3=CCC4C(=O)N(c5ccc(N=Nc6ccc(N(C)C)cc6)cc5)C(=O)C4C3CC3C(=O)N(c4cc(-c5sc6ccc(Cl)cc6c5C)nn4C)C(=O)C32C)cc(Br)c1O. The molecule has 1 saturated carbocycles. The molecule has 2 aliphatic heterocycles. The van der Waals surface area contributed by atoms with E-state index < -0.39 is 46.8 Å². The summed E-state index contributed by atoms with van der Waals surface area (Å²) in [6.45, 7) is 3.82. The number of rotatable bonds is 8. The predicted molar refractivity (Wildman–Crippen MR) is 255 cm³/mol. The molecule has 2 saturated heterocycles. The molecule has 6 aromatic rings. The number of thiophene rings is 1. The highest BCUT2D eigenvalue weighted by atomic mass is 79.9. The smallest absolute Gasteiger partial charge is 0.242 e. The number of halogens is 2. The van der Waals surface area contributed by atoms with Crippen LogP contribution >= 0.6 is 38.9 Å². The largest absolute Gasteiger partial charge is 0.503 e. The maximum atomic E-state index is 15.3. The number of phenols is 1. The van der Waals surface area contributed by atoms with E-state index in [9.17, 15) is 14.7 Å². The van der Waals surface area contributed by atoms with Crippen LogP contribution in [0.4, 0.5) is 28.6 Å². The molecule has 3 fully saturated rings. The van der Waals surface area contributed by atoms with E-state index in [1.165, 1.54) is 16.9 Å². The predicted octanol–water partition coefficient (Wildman–Crippen LogP) is 10.7. The third-order valence-corrected chi connectivity index (χ3v) is 16.0. The number of aromatic nitrogens is 2. The molecule has 10 rings (SSSR count). The van der Waals surface area contributed by atoms with E-state index in [0.29, 0.717) is 43.6 Å². The van der Waals surface area contributed by atoms with E-state index in [2.05, 4.69) is 26.2 Å². The Morgan fingerprint density at radius 1 is 0.908 bits per heavy atom. The van der Waals surface area contributed by atoms with Crippen molar-refractivity contribution in [3.05, 3.63) is 117 Å². The average Bonchev–Trinajstić information content (AvgIpc) is 3.96. The van der Waals surface area contributed by atoms with Gasteiger partial charge in [0.1, 0.15) is 11.5 Å². The molecule has 2 aromatic heterocycles. The van der Waals surface area contributed by atoms with Crippen LogP contribution in [0.5, 0.6) is 11.5 Å². The van der Waals surface area contributed by atoms with Crippen LogP contribution in [0, 0.1) is 36.0 Å². The maximum absolute atomic E-state index is 15.3. The Labute approximate surface area is 392 Å². The number of aromatic hydroxyl groups is 1. The number of carbonyl (C=O) groups excluding carboxylic acids is 4. The summed E-state index contributed by atoms with van der Waals surface area (Å²) < 4.78 is 8.54. The first kappa shape index (κ1) is 42.8. The number of amides is 4. The van der Waals surface area contributed by atoms with Crippen LogP contribution in [0.3, 0.4) is 0 Å². The minimum absolute atomic E-state index is 0.113. The summed E-state index contributed by atoms with van der Waals surface area (Å²) in [5.41, 5.74) is 4.37. The molecule has 2 aliphatic carbocycles. The quantitative estimate of drug-likeness (QED) is 0.0900. The molecule has 4 amide bonds. The number of phenolic OH excluding ortho intramolecular Hbond substituents is 1. The van der Waals surface area contributed by atoms with Crippen molar-refractivity contribution in [3.63, 3.8) is 0 Å². The number of methoxy groups -OCH3 is 1. The Bertz CT molecular complexity index is 3070. The molecule has 6 atom stereocenters. The van der Waals surface area contributed by atoms with Crippen LogP contribution in [0.2, 0.25) is 5.02 Å². The number of hydrogen-bond donors (Lipinski definition) is 1. The van der Waals surface area contributed by atoms with Gasteiger partial charge in [-0.1, -0.05) is 23.3 Å². The number of allylic oxidation sites excluding steroid dienone is 2. The Hall–Kier alpha value is -6.16. The average molecular weight is 973 g/mol. The van der Waals surface area contributed by atoms with E-state index in [1.807, 2.05) is 81.4 Å². The first-order chi connectivity index (χ1) is 31.1. The monoisotopic (exact) mass is 971 g/mol. The number of anilines is 3. The second kappa shape index (κ2) is 15.8. The summed E-state index contributed by atoms with van der Waals surface area (Å²) in [6, 6.07) is 25.4. The molecule has 1 N–H and O–H groups in total. The van der Waals surface area contributed by atoms with Crippen LogP contribution in [0.1, 0.15) is 36.8 Å². The van der Waals surface area contributed by atoms with Gasteiger partial charge >= 0.3 is 0 Å². The molecule has 4 aliphatic rings. The van der Waals surface area contributed by atoms with Crippen LogP contribution in [-0.4, -0.2) is 59.7 Å². The van der Waals surface area contributed by atoms with E-state index >= 15 is 9.59 Å². The number of carbonyl (C=O) groups is 4. The zero-order valence-electron chi connectivity index (χ0n) is 36.2. The number of azo groups is 1. The number of imide groups is 2. The number of benzene rings is 4. The molecule has 13 nitrogen and oxygen atoms in total. The fraction of sp³-hybridized carbons (Fsp3) is 0.286. The van der Waals surface area contributed by atoms with Crippen molar-refractivity contribution in [2.75, 3.05) is 35.9 Å². The highest BCUT2D eigenvalue weighted by Crippen LogP contribution is 2.64. The summed E-state index contributed by atoms with van der Waals surface area (Å²) in [5, 5.41) is 26.1. The van der Waals surface area contributed by atoms with Crippen molar-refractivity contribution < 1.29 is 29.0 Å². The van der Waals surface area contributed by atoms with E-state index in [1.54, 1.807) is 65.5 Å². The Kier molecular flexibility index (Phi) is 10.4. The van der Waals surface area contributed by atoms with Crippen LogP contribution in [0.15, 0.2) is 111 Å². The standard InChI is InChI=1S/C49H43BrClN7O6S/c1-24-33-21-26(51)7-18-39(33)65-44(24)37-23-40(56(5)54-37)58-46(61)35-22-34-31(42(49(35,2)48(58)63)25-19-36(50)43(59)38(20-25)64-6)16-17-32-41(34)47(62)57(45(32)60)30-14-10-28(11-15-30)53-52-27-8-12-29(13-9-27)55(3)4/h7-16,18-21,23,32,34-35,41-42,59H,17,22H2,1-6H3. The van der Waals surface area contributed by atoms with Gasteiger partial charge in [0.2, 0.25) is 23.6 Å². The normalized spacial score (nSPS) is 23.9. The number of ether oxygens (including phenoxy) is 1. The van der Waals surface area contributed by atoms with Gasteiger partial charge in [-0.25, -0.2) is 4.90 Å². The van der Waals surface area contributed by atoms with Crippen LogP contribution in [0.25, 0.3) is 20.7 Å². The van der Waals surface area contributed by atoms with Crippen LogP contribution < -0.4 is 19.4 Å². The van der Waals surface area contributed by atoms with Gasteiger partial charge in [-0.15, -0.1) is 11.3 Å². The lowest BCUT2D eigenvalue weighted by Gasteiger charge is -2.49. The summed E-state index contributed by atoms with van der Waals surface area (Å²) in [6.07, 6.45) is 2.42. The minimum atomic E-state index is -1.34. The maximum Gasteiger partial charge on any atom is 0.242 e. The third kappa shape index (κ3) is 6.64. The van der Waals surface area contributed by atoms with E-state index in [0.717, 1.165) is 31.8 Å². The van der Waals surface area contributed by atoms with Gasteiger partial charge in [-0.3, -0.25) is 28.8 Å². The summed E-state index contributed by atoms with van der Waals surface area (Å²) >= 11 is 11.4. The fourth-order valence-corrected chi connectivity index (χ4v) is 12.4. The molecule has 4 aromatic carbocycles. The lowest BCUT2D eigenvalue weighted by Crippen LogP contribution is -2.49. The highest BCUT2D eigenvalue weighted by Gasteiger charge is 2.68. The van der Waals surface area contributed by atoms with Gasteiger partial charge in [0, 0.05) is 48.5 Å². The van der Waals surface area contributed by atoms with Gasteiger partial charge in [0.15, 0.2) is 11.5 Å². The third-order valence-electron chi connectivity index (χ3n) is 13.8. The molecule has 0 bridgehead atoms. The lowest BCUT2D eigenvalue weighted by molar-refractivity contribution is -0.131. The van der Waals surface area contributed by atoms with Gasteiger partial charge in [0.05, 0.1) is 56.7 Å². The molecule has 0 spiro atoms. The molecule has 6 unspecified atom stereocenters. The van der Waals surface area contributed by atoms with E-state index in [4.69, 9.17) is 21.4 Å². The Morgan fingerprint density at radius 3 is 2.28 bits per heavy atom. The van der Waals surface area contributed by atoms with Gasteiger partial charge in [-0.05, 0) is 144 Å². The van der Waals surface area contributed by atoms with Crippen LogP contribution in [-0.2, 0) is 26.2 Å². The second-order valence-corrected chi connectivity index (χ2v) is 19.9. The molecular formula is C49H43BrClN7O6S. The van der Waals surface area contributed by atoms with Crippen molar-refractivity contribution in [2.45, 2.75) is 32.6 Å². The Morgan fingerprint density at radius 2 is 1.60 bits per heavy atom. The zero-order chi connectivity index (χ0) is 45.8. The van der Waals surface area contributed by atoms with Crippen molar-refractivity contribution in [2.24, 2.45) is 46.4 Å². The molecule has 330 valence electrons. The molecule has 16 heteroatoms. The molecule has 4 heterocycles. The van der Waals surface area contributed by atoms with Crippen molar-refractivity contribution in [1.82, 2.24) is 9.78 Å². The topological polar surface area (TPSA) is 150 Å². The number of hydrogen-bond acceptors (Lipinski definition) is 11. The summed E-state index contributed by atoms with van der Waals surface area (Å²) in [4.78, 5) is 65.0. The molecule has 0 radical (unpaired) electrons. The van der Waals surface area contributed by atoms with Crippen molar-refractivity contribution >= 4 is 101 Å². The number of nitrogens with zero attached hydrogens (tertiary/aromatic N) is 7.